The SMILES string of the molecule is C1CCOCC1.C=C(C)CNc1nc(-c2c(Cl)c(OC)cc(OC)c2Cl)cc2cnc(N)cc12. The Hall–Kier alpha value is -2.74. The first kappa shape index (κ1) is 25.9. The molecule has 0 unspecified atom stereocenters. The number of methoxy groups -OCH3 is 2. The average molecular weight is 505 g/mol. The summed E-state index contributed by atoms with van der Waals surface area (Å²) in [5, 5.41) is 5.63. The molecule has 0 atom stereocenters. The van der Waals surface area contributed by atoms with Crippen LogP contribution in [-0.2, 0) is 4.74 Å². The molecule has 1 fully saturated rings. The number of nitrogens with one attached hydrogen (secondary N) is 1. The van der Waals surface area contributed by atoms with Gasteiger partial charge in [0.2, 0.25) is 0 Å². The highest BCUT2D eigenvalue weighted by molar-refractivity contribution is 6.41. The van der Waals surface area contributed by atoms with Gasteiger partial charge in [0.05, 0.1) is 30.0 Å². The van der Waals surface area contributed by atoms with E-state index in [0.717, 1.165) is 29.6 Å². The molecule has 3 heterocycles. The number of hydrogen-bond donors (Lipinski definition) is 2. The summed E-state index contributed by atoms with van der Waals surface area (Å²) < 4.78 is 15.8. The van der Waals surface area contributed by atoms with Gasteiger partial charge in [0, 0.05) is 48.4 Å². The van der Waals surface area contributed by atoms with Crippen molar-refractivity contribution in [2.75, 3.05) is 45.0 Å². The van der Waals surface area contributed by atoms with Crippen molar-refractivity contribution in [1.29, 1.82) is 0 Å². The summed E-state index contributed by atoms with van der Waals surface area (Å²) in [6.45, 7) is 8.40. The first-order chi connectivity index (χ1) is 16.3. The van der Waals surface area contributed by atoms with Crippen molar-refractivity contribution in [1.82, 2.24) is 9.97 Å². The van der Waals surface area contributed by atoms with Crippen LogP contribution in [0.4, 0.5) is 11.6 Å². The average Bonchev–Trinajstić information content (AvgIpc) is 2.84. The van der Waals surface area contributed by atoms with Crippen molar-refractivity contribution in [3.05, 3.63) is 46.6 Å². The van der Waals surface area contributed by atoms with Gasteiger partial charge in [-0.25, -0.2) is 9.97 Å². The van der Waals surface area contributed by atoms with E-state index in [0.29, 0.717) is 51.0 Å². The molecule has 0 amide bonds. The summed E-state index contributed by atoms with van der Waals surface area (Å²) in [5.74, 6) is 1.90. The smallest absolute Gasteiger partial charge is 0.141 e. The fraction of sp³-hybridized carbons (Fsp3) is 0.360. The largest absolute Gasteiger partial charge is 0.495 e. The third-order valence-electron chi connectivity index (χ3n) is 5.20. The molecule has 3 aromatic rings. The number of fused-ring (bicyclic) bond motifs is 1. The Labute approximate surface area is 210 Å². The molecule has 0 saturated carbocycles. The maximum absolute atomic E-state index is 6.56. The molecule has 0 aliphatic carbocycles. The molecular weight excluding hydrogens is 475 g/mol. The van der Waals surface area contributed by atoms with E-state index in [2.05, 4.69) is 16.9 Å². The van der Waals surface area contributed by atoms with E-state index >= 15 is 0 Å². The quantitative estimate of drug-likeness (QED) is 0.376. The number of hydrogen-bond acceptors (Lipinski definition) is 7. The van der Waals surface area contributed by atoms with Crippen molar-refractivity contribution in [2.24, 2.45) is 0 Å². The normalized spacial score (nSPS) is 13.1. The molecule has 2 aromatic heterocycles. The molecule has 0 bridgehead atoms. The van der Waals surface area contributed by atoms with Crippen LogP contribution in [0.3, 0.4) is 0 Å². The maximum atomic E-state index is 6.56. The molecule has 1 saturated heterocycles. The van der Waals surface area contributed by atoms with Gasteiger partial charge in [0.15, 0.2) is 0 Å². The predicted octanol–water partition coefficient (Wildman–Crippen LogP) is 6.38. The Morgan fingerprint density at radius 2 is 1.74 bits per heavy atom. The first-order valence-corrected chi connectivity index (χ1v) is 11.7. The Balaban J connectivity index is 0.000000469. The minimum atomic E-state index is 0.342. The molecule has 182 valence electrons. The highest BCUT2D eigenvalue weighted by atomic mass is 35.5. The maximum Gasteiger partial charge on any atom is 0.141 e. The molecule has 1 aromatic carbocycles. The van der Waals surface area contributed by atoms with Crippen LogP contribution in [0.25, 0.3) is 22.0 Å². The van der Waals surface area contributed by atoms with E-state index in [9.17, 15) is 0 Å². The van der Waals surface area contributed by atoms with Crippen molar-refractivity contribution in [3.63, 3.8) is 0 Å². The van der Waals surface area contributed by atoms with Gasteiger partial charge in [-0.2, -0.15) is 0 Å². The van der Waals surface area contributed by atoms with Gasteiger partial charge in [0.1, 0.15) is 23.1 Å². The Bertz CT molecular complexity index is 1130. The van der Waals surface area contributed by atoms with E-state index in [1.165, 1.54) is 33.5 Å². The Morgan fingerprint density at radius 1 is 1.09 bits per heavy atom. The van der Waals surface area contributed by atoms with Gasteiger partial charge in [-0.3, -0.25) is 0 Å². The van der Waals surface area contributed by atoms with E-state index in [1.54, 1.807) is 18.3 Å². The van der Waals surface area contributed by atoms with Crippen molar-refractivity contribution < 1.29 is 14.2 Å². The lowest BCUT2D eigenvalue weighted by Crippen LogP contribution is -2.06. The molecule has 3 N–H and O–H groups in total. The highest BCUT2D eigenvalue weighted by Gasteiger charge is 2.21. The van der Waals surface area contributed by atoms with Crippen LogP contribution in [-0.4, -0.2) is 43.9 Å². The third-order valence-corrected chi connectivity index (χ3v) is 5.95. The molecular formula is C25H30Cl2N4O3. The number of nitrogens with two attached hydrogens (primary N) is 1. The summed E-state index contributed by atoms with van der Waals surface area (Å²) >= 11 is 13.1. The molecule has 7 nitrogen and oxygen atoms in total. The fourth-order valence-corrected chi connectivity index (χ4v) is 4.15. The second-order valence-electron chi connectivity index (χ2n) is 7.95. The van der Waals surface area contributed by atoms with Crippen LogP contribution in [0.15, 0.2) is 36.5 Å². The fourth-order valence-electron chi connectivity index (χ4n) is 3.46. The van der Waals surface area contributed by atoms with Crippen molar-refractivity contribution in [2.45, 2.75) is 26.2 Å². The molecule has 1 aliphatic rings. The van der Waals surface area contributed by atoms with Crippen LogP contribution >= 0.6 is 23.2 Å². The van der Waals surface area contributed by atoms with Gasteiger partial charge in [-0.15, -0.1) is 0 Å². The topological polar surface area (TPSA) is 91.5 Å². The minimum Gasteiger partial charge on any atom is -0.495 e. The number of nitrogen functional groups attached to an aromatic ring is 1. The van der Waals surface area contributed by atoms with E-state index in [1.807, 2.05) is 13.0 Å². The molecule has 9 heteroatoms. The van der Waals surface area contributed by atoms with E-state index in [-0.39, 0.29) is 0 Å². The van der Waals surface area contributed by atoms with Crippen LogP contribution in [0.5, 0.6) is 11.5 Å². The monoisotopic (exact) mass is 504 g/mol. The lowest BCUT2D eigenvalue weighted by Gasteiger charge is -2.16. The number of rotatable bonds is 6. The number of ether oxygens (including phenoxy) is 3. The number of nitrogens with zero attached hydrogens (tertiary/aromatic N) is 2. The molecule has 0 spiro atoms. The number of benzene rings is 1. The lowest BCUT2D eigenvalue weighted by atomic mass is 10.1. The van der Waals surface area contributed by atoms with Crippen LogP contribution in [0, 0.1) is 0 Å². The van der Waals surface area contributed by atoms with Gasteiger partial charge >= 0.3 is 0 Å². The van der Waals surface area contributed by atoms with Crippen molar-refractivity contribution in [3.8, 4) is 22.8 Å². The zero-order valence-electron chi connectivity index (χ0n) is 19.7. The molecule has 1 aliphatic heterocycles. The van der Waals surface area contributed by atoms with Gasteiger partial charge in [-0.05, 0) is 38.3 Å². The highest BCUT2D eigenvalue weighted by Crippen LogP contribution is 2.46. The number of aromatic nitrogens is 2. The lowest BCUT2D eigenvalue weighted by molar-refractivity contribution is 0.0968. The zero-order valence-corrected chi connectivity index (χ0v) is 21.2. The number of halogens is 2. The van der Waals surface area contributed by atoms with Crippen molar-refractivity contribution >= 4 is 45.6 Å². The molecule has 34 heavy (non-hydrogen) atoms. The summed E-state index contributed by atoms with van der Waals surface area (Å²) in [6, 6.07) is 5.25. The Morgan fingerprint density at radius 3 is 2.24 bits per heavy atom. The first-order valence-electron chi connectivity index (χ1n) is 11.0. The summed E-state index contributed by atoms with van der Waals surface area (Å²) in [4.78, 5) is 8.92. The van der Waals surface area contributed by atoms with Crippen LogP contribution < -0.4 is 20.5 Å². The third kappa shape index (κ3) is 6.23. The minimum absolute atomic E-state index is 0.342. The van der Waals surface area contributed by atoms with Crippen LogP contribution in [0.2, 0.25) is 10.0 Å². The Kier molecular flexibility index (Phi) is 9.21. The van der Waals surface area contributed by atoms with Gasteiger partial charge in [-0.1, -0.05) is 35.4 Å². The summed E-state index contributed by atoms with van der Waals surface area (Å²) in [6.07, 6.45) is 5.61. The second kappa shape index (κ2) is 12.1. The number of pyridine rings is 2. The zero-order chi connectivity index (χ0) is 24.7. The molecule has 0 radical (unpaired) electrons. The molecule has 4 rings (SSSR count). The number of anilines is 2. The predicted molar refractivity (Wildman–Crippen MR) is 140 cm³/mol. The van der Waals surface area contributed by atoms with E-state index in [4.69, 9.17) is 48.1 Å². The van der Waals surface area contributed by atoms with Gasteiger partial charge < -0.3 is 25.3 Å². The summed E-state index contributed by atoms with van der Waals surface area (Å²) in [7, 11) is 3.05. The van der Waals surface area contributed by atoms with Crippen LogP contribution in [0.1, 0.15) is 26.2 Å². The van der Waals surface area contributed by atoms with E-state index < -0.39 is 0 Å². The van der Waals surface area contributed by atoms with Gasteiger partial charge in [0.25, 0.3) is 0 Å². The summed E-state index contributed by atoms with van der Waals surface area (Å²) in [5.41, 5.74) is 7.88. The second-order valence-corrected chi connectivity index (χ2v) is 8.71. The standard InChI is InChI=1S/C20H20Cl2N4O2.C5H10O/c1-10(2)8-25-20-12-6-16(23)24-9-11(12)5-13(26-20)17-18(21)14(27-3)7-15(28-4)19(17)22;1-2-4-6-5-3-1/h5-7,9H,1,8H2,2-4H3,(H2,23,24)(H,25,26);1-5H2.